The third-order valence-electron chi connectivity index (χ3n) is 2.00. The van der Waals surface area contributed by atoms with E-state index in [0.29, 0.717) is 19.3 Å². The topological polar surface area (TPSA) is 57.5 Å². The molecule has 0 aromatic rings. The van der Waals surface area contributed by atoms with Crippen molar-refractivity contribution in [2.45, 2.75) is 38.2 Å². The van der Waals surface area contributed by atoms with Gasteiger partial charge in [0, 0.05) is 19.3 Å². The zero-order chi connectivity index (χ0) is 13.6. The van der Waals surface area contributed by atoms with E-state index in [-0.39, 0.29) is 6.42 Å². The van der Waals surface area contributed by atoms with E-state index in [1.807, 2.05) is 0 Å². The number of terminal acetylenes is 1. The quantitative estimate of drug-likeness (QED) is 0.411. The molecule has 0 aliphatic heterocycles. The summed E-state index contributed by atoms with van der Waals surface area (Å²) in [4.78, 5) is 10.2. The Balaban J connectivity index is 3.64. The highest BCUT2D eigenvalue weighted by Crippen LogP contribution is 1.98. The smallest absolute Gasteiger partial charge is 0.303 e. The van der Waals surface area contributed by atoms with Crippen LogP contribution in [0.2, 0.25) is 0 Å². The van der Waals surface area contributed by atoms with Crippen LogP contribution in [0.4, 0.5) is 0 Å². The Hall–Kier alpha value is -1.97. The van der Waals surface area contributed by atoms with Crippen molar-refractivity contribution in [3.63, 3.8) is 0 Å². The molecule has 0 radical (unpaired) electrons. The number of carboxylic acid groups (broad SMARTS) is 1. The minimum atomic E-state index is -0.765. The molecule has 0 fully saturated rings. The van der Waals surface area contributed by atoms with Crippen LogP contribution < -0.4 is 0 Å². The fourth-order valence-corrected chi connectivity index (χ4v) is 1.11. The summed E-state index contributed by atoms with van der Waals surface area (Å²) in [6.45, 7) is 0. The van der Waals surface area contributed by atoms with Crippen LogP contribution in [0.1, 0.15) is 32.1 Å². The molecule has 0 spiro atoms. The first-order chi connectivity index (χ1) is 8.66. The van der Waals surface area contributed by atoms with Gasteiger partial charge < -0.3 is 10.2 Å². The van der Waals surface area contributed by atoms with Gasteiger partial charge in [-0.05, 0) is 18.9 Å². The average molecular weight is 246 g/mol. The van der Waals surface area contributed by atoms with Crippen molar-refractivity contribution in [1.29, 1.82) is 0 Å². The number of hydrogen-bond donors (Lipinski definition) is 2. The average Bonchev–Trinajstić information content (AvgIpc) is 2.31. The molecule has 0 aliphatic rings. The summed E-state index contributed by atoms with van der Waals surface area (Å²) in [5.41, 5.74) is 0. The predicted molar refractivity (Wildman–Crippen MR) is 71.6 cm³/mol. The van der Waals surface area contributed by atoms with E-state index in [0.717, 1.165) is 6.42 Å². The first-order valence-corrected chi connectivity index (χ1v) is 5.82. The van der Waals surface area contributed by atoms with E-state index in [1.165, 1.54) is 0 Å². The molecule has 0 saturated heterocycles. The summed E-state index contributed by atoms with van der Waals surface area (Å²) in [5, 5.41) is 17.7. The molecule has 0 unspecified atom stereocenters. The third-order valence-corrected chi connectivity index (χ3v) is 2.00. The maximum absolute atomic E-state index is 10.2. The Labute approximate surface area is 108 Å². The molecule has 0 heterocycles. The minimum absolute atomic E-state index is 0.202. The molecule has 3 heteroatoms. The van der Waals surface area contributed by atoms with Gasteiger partial charge in [-0.25, -0.2) is 0 Å². The first-order valence-electron chi connectivity index (χ1n) is 5.82. The number of hydrogen-bond acceptors (Lipinski definition) is 2. The Kier molecular flexibility index (Phi) is 10.3. The van der Waals surface area contributed by atoms with Crippen LogP contribution in [-0.4, -0.2) is 22.3 Å². The van der Waals surface area contributed by atoms with Crippen molar-refractivity contribution >= 4 is 5.97 Å². The van der Waals surface area contributed by atoms with Crippen molar-refractivity contribution in [1.82, 2.24) is 0 Å². The molecule has 0 aromatic carbocycles. The van der Waals surface area contributed by atoms with Crippen LogP contribution in [-0.2, 0) is 4.79 Å². The molecule has 0 amide bonds. The zero-order valence-corrected chi connectivity index (χ0v) is 10.3. The van der Waals surface area contributed by atoms with Crippen molar-refractivity contribution < 1.29 is 15.0 Å². The second-order valence-corrected chi connectivity index (χ2v) is 3.64. The molecule has 0 saturated carbocycles. The number of carboxylic acids is 1. The lowest BCUT2D eigenvalue weighted by Gasteiger charge is -1.95. The van der Waals surface area contributed by atoms with Gasteiger partial charge in [-0.1, -0.05) is 30.1 Å². The van der Waals surface area contributed by atoms with Crippen LogP contribution in [0.15, 0.2) is 24.3 Å². The van der Waals surface area contributed by atoms with Crippen molar-refractivity contribution in [3.05, 3.63) is 24.3 Å². The van der Waals surface area contributed by atoms with Crippen LogP contribution in [0.3, 0.4) is 0 Å². The maximum atomic E-state index is 10.2. The lowest BCUT2D eigenvalue weighted by molar-refractivity contribution is -0.137. The van der Waals surface area contributed by atoms with Gasteiger partial charge in [0.2, 0.25) is 0 Å². The molecular weight excluding hydrogens is 228 g/mol. The Bertz CT molecular complexity index is 388. The summed E-state index contributed by atoms with van der Waals surface area (Å²) < 4.78 is 0. The molecule has 2 N–H and O–H groups in total. The molecule has 1 atom stereocenters. The summed E-state index contributed by atoms with van der Waals surface area (Å²) in [7, 11) is 0. The molecule has 96 valence electrons. The highest BCUT2D eigenvalue weighted by atomic mass is 16.4. The number of aliphatic hydroxyl groups excluding tert-OH is 1. The fourth-order valence-electron chi connectivity index (χ4n) is 1.11. The summed E-state index contributed by atoms with van der Waals surface area (Å²) in [5.74, 6) is 7.34. The Morgan fingerprint density at radius 3 is 2.78 bits per heavy atom. The second kappa shape index (κ2) is 11.5. The molecule has 0 aromatic heterocycles. The van der Waals surface area contributed by atoms with Crippen LogP contribution >= 0.6 is 0 Å². The van der Waals surface area contributed by atoms with Gasteiger partial charge in [-0.2, -0.15) is 0 Å². The highest BCUT2D eigenvalue weighted by Gasteiger charge is 1.94. The van der Waals surface area contributed by atoms with Gasteiger partial charge in [-0.3, -0.25) is 4.79 Å². The van der Waals surface area contributed by atoms with Gasteiger partial charge in [0.15, 0.2) is 0 Å². The second-order valence-electron chi connectivity index (χ2n) is 3.64. The highest BCUT2D eigenvalue weighted by molar-refractivity contribution is 5.66. The zero-order valence-electron chi connectivity index (χ0n) is 10.3. The van der Waals surface area contributed by atoms with Gasteiger partial charge in [-0.15, -0.1) is 12.3 Å². The summed E-state index contributed by atoms with van der Waals surface area (Å²) in [6, 6.07) is 0. The molecule has 18 heavy (non-hydrogen) atoms. The maximum Gasteiger partial charge on any atom is 0.303 e. The van der Waals surface area contributed by atoms with Crippen LogP contribution in [0.5, 0.6) is 0 Å². The van der Waals surface area contributed by atoms with E-state index in [2.05, 4.69) is 17.8 Å². The lowest BCUT2D eigenvalue weighted by atomic mass is 10.2. The largest absolute Gasteiger partial charge is 0.481 e. The number of rotatable bonds is 7. The minimum Gasteiger partial charge on any atom is -0.481 e. The monoisotopic (exact) mass is 246 g/mol. The number of aliphatic hydroxyl groups is 1. The van der Waals surface area contributed by atoms with E-state index < -0.39 is 12.1 Å². The van der Waals surface area contributed by atoms with Gasteiger partial charge in [0.05, 0.1) is 6.10 Å². The molecular formula is C15H18O3. The number of unbranched alkanes of at least 4 members (excludes halogenated alkanes) is 2. The van der Waals surface area contributed by atoms with Crippen molar-refractivity contribution in [2.24, 2.45) is 0 Å². The first kappa shape index (κ1) is 16.0. The van der Waals surface area contributed by atoms with Crippen molar-refractivity contribution in [2.75, 3.05) is 0 Å². The van der Waals surface area contributed by atoms with Crippen LogP contribution in [0, 0.1) is 24.2 Å². The standard InChI is InChI=1S/C15H18O3/c1-2-11-14(16)12-9-7-5-3-4-6-8-10-13-15(17)18/h1,5,7,9,12,14,16H,6,8,10-11,13H2,(H,17,18)/t14-/m1/s1. The lowest BCUT2D eigenvalue weighted by Crippen LogP contribution is -1.98. The SMILES string of the molecule is C#CC[C@@H](O)C=CC=CC#CCCCCC(=O)O. The number of allylic oxidation sites excluding steroid dienone is 3. The van der Waals surface area contributed by atoms with E-state index in [4.69, 9.17) is 11.5 Å². The van der Waals surface area contributed by atoms with Gasteiger partial charge in [0.1, 0.15) is 0 Å². The van der Waals surface area contributed by atoms with Gasteiger partial charge >= 0.3 is 5.97 Å². The summed E-state index contributed by atoms with van der Waals surface area (Å²) >= 11 is 0. The third kappa shape index (κ3) is 12.1. The molecule has 3 nitrogen and oxygen atoms in total. The Morgan fingerprint density at radius 1 is 1.33 bits per heavy atom. The predicted octanol–water partition coefficient (Wildman–Crippen LogP) is 2.13. The van der Waals surface area contributed by atoms with E-state index in [1.54, 1.807) is 24.3 Å². The number of carbonyl (C=O) groups is 1. The molecule has 0 rings (SSSR count). The van der Waals surface area contributed by atoms with Crippen LogP contribution in [0.25, 0.3) is 0 Å². The van der Waals surface area contributed by atoms with E-state index in [9.17, 15) is 9.90 Å². The van der Waals surface area contributed by atoms with Gasteiger partial charge in [0.25, 0.3) is 0 Å². The fraction of sp³-hybridized carbons (Fsp3) is 0.400. The number of aliphatic carboxylic acids is 1. The molecule has 0 bridgehead atoms. The summed E-state index contributed by atoms with van der Waals surface area (Å²) in [6.07, 6.45) is 13.8. The van der Waals surface area contributed by atoms with Crippen molar-refractivity contribution in [3.8, 4) is 24.2 Å². The molecule has 0 aliphatic carbocycles. The van der Waals surface area contributed by atoms with E-state index >= 15 is 0 Å². The normalized spacial score (nSPS) is 12.0. The Morgan fingerprint density at radius 2 is 2.11 bits per heavy atom.